The monoisotopic (exact) mass is 764 g/mol. The fourth-order valence-electron chi connectivity index (χ4n) is 10.8. The molecular formula is C57H52N2. The summed E-state index contributed by atoms with van der Waals surface area (Å²) in [4.78, 5) is 5.03. The fraction of sp³-hybridized carbons (Fsp3) is 0.228. The number of para-hydroxylation sites is 2. The van der Waals surface area contributed by atoms with E-state index in [0.717, 1.165) is 25.9 Å². The molecule has 59 heavy (non-hydrogen) atoms. The predicted octanol–water partition coefficient (Wildman–Crippen LogP) is 14.7. The minimum atomic E-state index is -0.0985. The topological polar surface area (TPSA) is 6.48 Å². The third kappa shape index (κ3) is 5.90. The maximum Gasteiger partial charge on any atom is 0.0443 e. The van der Waals surface area contributed by atoms with Gasteiger partial charge in [-0.05, 0) is 152 Å². The Kier molecular flexibility index (Phi) is 8.38. The average Bonchev–Trinajstić information content (AvgIpc) is 3.49. The van der Waals surface area contributed by atoms with Crippen LogP contribution < -0.4 is 9.80 Å². The van der Waals surface area contributed by atoms with Gasteiger partial charge in [-0.3, -0.25) is 0 Å². The second-order valence-corrected chi connectivity index (χ2v) is 18.4. The van der Waals surface area contributed by atoms with Gasteiger partial charge in [-0.2, -0.15) is 0 Å². The standard InChI is InChI=1S/C57H52N2/c1-56(2)50-34-38(18-19-39-21-29-47-49-31-27-45(37-53(49)57(3,4)51(47)35-39)59-33-11-15-42-13-6-8-17-55(42)59)20-28-46(50)48-30-24-43(36-52(48)56)40-22-25-44(26-23-40)58-32-10-9-14-41-12-5-7-16-54(41)58/h5-8,12-13,16-31,34-37H,9-11,14-15,32-33H2,1-4H3. The van der Waals surface area contributed by atoms with Crippen molar-refractivity contribution in [2.45, 2.75) is 70.6 Å². The van der Waals surface area contributed by atoms with Crippen molar-refractivity contribution in [1.82, 2.24) is 0 Å². The van der Waals surface area contributed by atoms with E-state index in [-0.39, 0.29) is 10.8 Å². The number of hydrogen-bond acceptors (Lipinski definition) is 2. The van der Waals surface area contributed by atoms with Gasteiger partial charge >= 0.3 is 0 Å². The van der Waals surface area contributed by atoms with Crippen LogP contribution in [0, 0.1) is 0 Å². The molecule has 0 atom stereocenters. The Morgan fingerprint density at radius 1 is 0.407 bits per heavy atom. The van der Waals surface area contributed by atoms with Crippen molar-refractivity contribution in [2.24, 2.45) is 0 Å². The van der Waals surface area contributed by atoms with Crippen molar-refractivity contribution in [1.29, 1.82) is 0 Å². The molecular weight excluding hydrogens is 713 g/mol. The Hall–Kier alpha value is -6.12. The second kappa shape index (κ2) is 13.7. The molecule has 2 aliphatic carbocycles. The van der Waals surface area contributed by atoms with Crippen molar-refractivity contribution in [3.8, 4) is 33.4 Å². The maximum absolute atomic E-state index is 2.52. The number of anilines is 4. The predicted molar refractivity (Wildman–Crippen MR) is 251 cm³/mol. The van der Waals surface area contributed by atoms with Gasteiger partial charge in [0.1, 0.15) is 0 Å². The highest BCUT2D eigenvalue weighted by molar-refractivity contribution is 5.87. The molecule has 0 N–H and O–H groups in total. The molecule has 2 aliphatic heterocycles. The summed E-state index contributed by atoms with van der Waals surface area (Å²) in [6.07, 6.45) is 10.6. The van der Waals surface area contributed by atoms with Crippen LogP contribution >= 0.6 is 0 Å². The largest absolute Gasteiger partial charge is 0.341 e. The molecule has 0 unspecified atom stereocenters. The highest BCUT2D eigenvalue weighted by Crippen LogP contribution is 2.52. The van der Waals surface area contributed by atoms with Gasteiger partial charge in [-0.15, -0.1) is 0 Å². The van der Waals surface area contributed by atoms with E-state index in [1.807, 2.05) is 0 Å². The van der Waals surface area contributed by atoms with Crippen LogP contribution in [0.2, 0.25) is 0 Å². The van der Waals surface area contributed by atoms with Crippen LogP contribution in [-0.2, 0) is 23.7 Å². The smallest absolute Gasteiger partial charge is 0.0443 e. The van der Waals surface area contributed by atoms with Gasteiger partial charge in [-0.25, -0.2) is 0 Å². The van der Waals surface area contributed by atoms with Gasteiger partial charge in [0.25, 0.3) is 0 Å². The first kappa shape index (κ1) is 36.0. The summed E-state index contributed by atoms with van der Waals surface area (Å²) in [5, 5.41) is 0. The van der Waals surface area contributed by atoms with Gasteiger partial charge in [0.2, 0.25) is 0 Å². The van der Waals surface area contributed by atoms with Crippen LogP contribution in [0.1, 0.15) is 91.5 Å². The van der Waals surface area contributed by atoms with Gasteiger partial charge in [0.05, 0.1) is 0 Å². The molecule has 2 heteroatoms. The number of fused-ring (bicyclic) bond motifs is 8. The van der Waals surface area contributed by atoms with Crippen LogP contribution in [0.25, 0.3) is 45.5 Å². The summed E-state index contributed by atoms with van der Waals surface area (Å²) in [6, 6.07) is 55.5. The van der Waals surface area contributed by atoms with Gasteiger partial charge < -0.3 is 9.80 Å². The number of nitrogens with zero attached hydrogens (tertiary/aromatic N) is 2. The van der Waals surface area contributed by atoms with Crippen LogP contribution in [0.3, 0.4) is 0 Å². The van der Waals surface area contributed by atoms with Crippen molar-refractivity contribution >= 4 is 34.9 Å². The summed E-state index contributed by atoms with van der Waals surface area (Å²) in [7, 11) is 0. The van der Waals surface area contributed by atoms with E-state index >= 15 is 0 Å². The molecule has 0 fully saturated rings. The summed E-state index contributed by atoms with van der Waals surface area (Å²) in [5.41, 5.74) is 24.2. The highest BCUT2D eigenvalue weighted by Gasteiger charge is 2.37. The first-order valence-electron chi connectivity index (χ1n) is 21.8. The van der Waals surface area contributed by atoms with Crippen LogP contribution in [0.15, 0.2) is 146 Å². The van der Waals surface area contributed by atoms with Crippen LogP contribution in [0.5, 0.6) is 0 Å². The molecule has 2 nitrogen and oxygen atoms in total. The molecule has 0 saturated heterocycles. The van der Waals surface area contributed by atoms with E-state index in [1.165, 1.54) is 120 Å². The Labute approximate surface area is 350 Å². The lowest BCUT2D eigenvalue weighted by atomic mass is 9.81. The average molecular weight is 765 g/mol. The lowest BCUT2D eigenvalue weighted by molar-refractivity contribution is 0.659. The molecule has 0 amide bonds. The summed E-state index contributed by atoms with van der Waals surface area (Å²) in [6.45, 7) is 11.7. The Morgan fingerprint density at radius 3 is 1.49 bits per heavy atom. The third-order valence-electron chi connectivity index (χ3n) is 14.1. The van der Waals surface area contributed by atoms with Crippen molar-refractivity contribution in [3.05, 3.63) is 190 Å². The lowest BCUT2D eigenvalue weighted by Crippen LogP contribution is -2.25. The van der Waals surface area contributed by atoms with Crippen molar-refractivity contribution in [2.75, 3.05) is 22.9 Å². The molecule has 0 saturated carbocycles. The van der Waals surface area contributed by atoms with E-state index in [9.17, 15) is 0 Å². The van der Waals surface area contributed by atoms with Crippen LogP contribution in [0.4, 0.5) is 22.7 Å². The molecule has 7 aromatic rings. The molecule has 7 aromatic carbocycles. The number of hydrogen-bond donors (Lipinski definition) is 0. The summed E-state index contributed by atoms with van der Waals surface area (Å²) < 4.78 is 0. The summed E-state index contributed by atoms with van der Waals surface area (Å²) in [5.74, 6) is 0. The molecule has 2 heterocycles. The normalized spacial score (nSPS) is 16.8. The molecule has 0 aromatic heterocycles. The van der Waals surface area contributed by atoms with Gasteiger partial charge in [0.15, 0.2) is 0 Å². The minimum Gasteiger partial charge on any atom is -0.341 e. The van der Waals surface area contributed by atoms with E-state index in [2.05, 4.69) is 195 Å². The molecule has 290 valence electrons. The first-order chi connectivity index (χ1) is 28.7. The number of benzene rings is 7. The first-order valence-corrected chi connectivity index (χ1v) is 21.8. The third-order valence-corrected chi connectivity index (χ3v) is 14.1. The number of aryl methyl sites for hydroxylation is 2. The van der Waals surface area contributed by atoms with Crippen LogP contribution in [-0.4, -0.2) is 13.1 Å². The van der Waals surface area contributed by atoms with Gasteiger partial charge in [-0.1, -0.05) is 143 Å². The van der Waals surface area contributed by atoms with E-state index in [4.69, 9.17) is 0 Å². The fourth-order valence-corrected chi connectivity index (χ4v) is 10.8. The zero-order valence-electron chi connectivity index (χ0n) is 34.9. The van der Waals surface area contributed by atoms with Crippen molar-refractivity contribution < 1.29 is 0 Å². The van der Waals surface area contributed by atoms with E-state index < -0.39 is 0 Å². The Morgan fingerprint density at radius 2 is 0.864 bits per heavy atom. The molecule has 0 spiro atoms. The lowest BCUT2D eigenvalue weighted by Gasteiger charge is -2.32. The highest BCUT2D eigenvalue weighted by atomic mass is 15.1. The zero-order chi connectivity index (χ0) is 39.9. The Balaban J connectivity index is 0.837. The Bertz CT molecular complexity index is 2820. The SMILES string of the molecule is CC1(C)c2cc(C=Cc3ccc4c(c3)C(C)(C)c3cc(N5CCCc6ccccc65)ccc3-4)ccc2-c2ccc(-c3ccc(N4CCCCc5ccccc54)cc3)cc21. The quantitative estimate of drug-likeness (QED) is 0.161. The minimum absolute atomic E-state index is 0.0803. The van der Waals surface area contributed by atoms with Gasteiger partial charge in [0, 0.05) is 46.7 Å². The number of rotatable bonds is 5. The van der Waals surface area contributed by atoms with E-state index in [0.29, 0.717) is 0 Å². The molecule has 0 radical (unpaired) electrons. The molecule has 0 bridgehead atoms. The molecule has 11 rings (SSSR count). The second-order valence-electron chi connectivity index (χ2n) is 18.4. The molecule has 4 aliphatic rings. The van der Waals surface area contributed by atoms with Crippen molar-refractivity contribution in [3.63, 3.8) is 0 Å². The maximum atomic E-state index is 2.52. The summed E-state index contributed by atoms with van der Waals surface area (Å²) >= 11 is 0. The van der Waals surface area contributed by atoms with E-state index in [1.54, 1.807) is 0 Å². The zero-order valence-corrected chi connectivity index (χ0v) is 34.9.